The van der Waals surface area contributed by atoms with Crippen LogP contribution in [0, 0.1) is 0 Å². The molecule has 0 saturated heterocycles. The second-order valence-corrected chi connectivity index (χ2v) is 6.13. The van der Waals surface area contributed by atoms with Gasteiger partial charge in [-0.05, 0) is 12.1 Å². The summed E-state index contributed by atoms with van der Waals surface area (Å²) in [7, 11) is 4.37. The molecule has 0 fully saturated rings. The van der Waals surface area contributed by atoms with Crippen LogP contribution >= 0.6 is 0 Å². The highest BCUT2D eigenvalue weighted by molar-refractivity contribution is 5.65. The maximum atomic E-state index is 2.36. The average molecular weight is 442 g/mol. The Labute approximate surface area is 158 Å². The molecule has 2 aliphatic rings. The fourth-order valence-electron chi connectivity index (χ4n) is 3.68. The van der Waals surface area contributed by atoms with E-state index in [0.29, 0.717) is 0 Å². The fraction of sp³-hybridized carbons (Fsp3) is 0.294. The minimum atomic E-state index is 0. The Morgan fingerprint density at radius 2 is 1.13 bits per heavy atom. The van der Waals surface area contributed by atoms with E-state index < -0.39 is 0 Å². The summed E-state index contributed by atoms with van der Waals surface area (Å²) in [5, 5.41) is 0. The van der Waals surface area contributed by atoms with Gasteiger partial charge < -0.3 is 43.8 Å². The number of quaternary nitrogens is 2. The van der Waals surface area contributed by atoms with Gasteiger partial charge in [0.15, 0.2) is 24.7 Å². The second kappa shape index (κ2) is 7.21. The van der Waals surface area contributed by atoms with Crippen molar-refractivity contribution in [2.75, 3.05) is 43.9 Å². The van der Waals surface area contributed by atoms with Gasteiger partial charge in [-0.1, -0.05) is 24.3 Å². The number of halogens is 2. The number of hydrogen-bond acceptors (Lipinski definition) is 2. The van der Waals surface area contributed by atoms with Gasteiger partial charge in [0.2, 0.25) is 6.67 Å². The Morgan fingerprint density at radius 1 is 0.739 bits per heavy atom. The standard InChI is InChI=1S/C17H20N4.2BrH/c1-18-11-20(16-9-5-3-7-14(16)18)13-21-12-19(2)15-8-4-6-10-17(15)21;;/h3-10H,11-13H2,1-2H3;2*1H. The Morgan fingerprint density at radius 3 is 1.57 bits per heavy atom. The predicted molar refractivity (Wildman–Crippen MR) is 85.5 cm³/mol. The zero-order valence-corrected chi connectivity index (χ0v) is 16.6. The van der Waals surface area contributed by atoms with Gasteiger partial charge in [0, 0.05) is 26.2 Å². The molecule has 0 spiro atoms. The van der Waals surface area contributed by atoms with E-state index in [1.54, 1.807) is 9.80 Å². The number of hydrogen-bond donors (Lipinski definition) is 2. The number of anilines is 2. The summed E-state index contributed by atoms with van der Waals surface area (Å²) in [5.74, 6) is 0. The van der Waals surface area contributed by atoms with Crippen LogP contribution in [-0.2, 0) is 0 Å². The lowest BCUT2D eigenvalue weighted by atomic mass is 10.2. The Hall–Kier alpha value is -1.08. The molecule has 2 heterocycles. The predicted octanol–water partition coefficient (Wildman–Crippen LogP) is -5.80. The van der Waals surface area contributed by atoms with Gasteiger partial charge in [0.25, 0.3) is 0 Å². The van der Waals surface area contributed by atoms with Gasteiger partial charge in [-0.3, -0.25) is 0 Å². The zero-order valence-electron chi connectivity index (χ0n) is 13.4. The Bertz CT molecular complexity index is 622. The monoisotopic (exact) mass is 440 g/mol. The highest BCUT2D eigenvalue weighted by Crippen LogP contribution is 2.25. The third-order valence-corrected chi connectivity index (χ3v) is 4.68. The van der Waals surface area contributed by atoms with Crippen molar-refractivity contribution in [1.29, 1.82) is 0 Å². The van der Waals surface area contributed by atoms with Crippen molar-refractivity contribution in [3.05, 3.63) is 48.5 Å². The molecule has 2 N–H and O–H groups in total. The molecule has 0 saturated carbocycles. The number of nitrogens with zero attached hydrogens (tertiary/aromatic N) is 2. The molecule has 124 valence electrons. The highest BCUT2D eigenvalue weighted by atomic mass is 79.9. The summed E-state index contributed by atoms with van der Waals surface area (Å²) in [6, 6.07) is 17.5. The number of rotatable bonds is 2. The van der Waals surface area contributed by atoms with Gasteiger partial charge in [0.05, 0.1) is 0 Å². The van der Waals surface area contributed by atoms with Crippen LogP contribution in [0.2, 0.25) is 0 Å². The molecule has 0 aromatic heterocycles. The minimum Gasteiger partial charge on any atom is -1.00 e. The highest BCUT2D eigenvalue weighted by Gasteiger charge is 2.35. The van der Waals surface area contributed by atoms with Gasteiger partial charge >= 0.3 is 0 Å². The van der Waals surface area contributed by atoms with E-state index in [2.05, 4.69) is 72.4 Å². The van der Waals surface area contributed by atoms with Gasteiger partial charge in [-0.2, -0.15) is 0 Å². The first kappa shape index (κ1) is 18.3. The van der Waals surface area contributed by atoms with Crippen LogP contribution in [0.1, 0.15) is 0 Å². The quantitative estimate of drug-likeness (QED) is 0.483. The lowest BCUT2D eigenvalue weighted by molar-refractivity contribution is -1.02. The third-order valence-electron chi connectivity index (χ3n) is 4.68. The first-order chi connectivity index (χ1) is 10.2. The summed E-state index contributed by atoms with van der Waals surface area (Å²) in [6.07, 6.45) is 0. The molecule has 6 heteroatoms. The smallest absolute Gasteiger partial charge is 0.216 e. The van der Waals surface area contributed by atoms with Crippen LogP contribution in [-0.4, -0.2) is 34.1 Å². The molecule has 4 nitrogen and oxygen atoms in total. The van der Waals surface area contributed by atoms with Crippen molar-refractivity contribution in [3.8, 4) is 0 Å². The van der Waals surface area contributed by atoms with E-state index in [4.69, 9.17) is 0 Å². The summed E-state index contributed by atoms with van der Waals surface area (Å²) < 4.78 is 0. The third kappa shape index (κ3) is 3.13. The molecule has 2 aromatic carbocycles. The van der Waals surface area contributed by atoms with Crippen molar-refractivity contribution in [2.45, 2.75) is 0 Å². The fourth-order valence-corrected chi connectivity index (χ4v) is 3.68. The normalized spacial score (nSPS) is 21.3. The molecule has 2 aromatic rings. The summed E-state index contributed by atoms with van der Waals surface area (Å²) in [4.78, 5) is 7.81. The molecular weight excluding hydrogens is 420 g/mol. The number of nitrogens with one attached hydrogen (secondary N) is 2. The van der Waals surface area contributed by atoms with E-state index in [1.165, 1.54) is 22.7 Å². The molecule has 4 rings (SSSR count). The molecular formula is C17H22Br2N4. The number of fused-ring (bicyclic) bond motifs is 2. The van der Waals surface area contributed by atoms with Gasteiger partial charge in [-0.25, -0.2) is 9.80 Å². The first-order valence-corrected chi connectivity index (χ1v) is 7.54. The maximum Gasteiger partial charge on any atom is 0.216 e. The molecule has 0 radical (unpaired) electrons. The van der Waals surface area contributed by atoms with Crippen LogP contribution in [0.15, 0.2) is 48.5 Å². The lowest BCUT2D eigenvalue weighted by Crippen LogP contribution is -3.26. The van der Waals surface area contributed by atoms with Crippen LogP contribution in [0.25, 0.3) is 0 Å². The number of benzene rings is 2. The summed E-state index contributed by atoms with van der Waals surface area (Å²) in [6.45, 7) is 3.19. The lowest BCUT2D eigenvalue weighted by Gasteiger charge is -2.18. The SMILES string of the molecule is CN1C[NH+](C[NH+]2CN(C)c3ccccc32)c2ccccc21.[Br-].[Br-]. The van der Waals surface area contributed by atoms with Crippen LogP contribution in [0.3, 0.4) is 0 Å². The Balaban J connectivity index is 0.000000960. The van der Waals surface area contributed by atoms with Crippen molar-refractivity contribution in [3.63, 3.8) is 0 Å². The molecule has 0 aliphatic carbocycles. The van der Waals surface area contributed by atoms with Crippen LogP contribution in [0.4, 0.5) is 22.7 Å². The largest absolute Gasteiger partial charge is 1.00 e. The van der Waals surface area contributed by atoms with Crippen LogP contribution < -0.4 is 53.6 Å². The first-order valence-electron chi connectivity index (χ1n) is 7.54. The summed E-state index contributed by atoms with van der Waals surface area (Å²) in [5.41, 5.74) is 5.60. The minimum absolute atomic E-state index is 0. The van der Waals surface area contributed by atoms with Gasteiger partial charge in [0.1, 0.15) is 11.4 Å². The van der Waals surface area contributed by atoms with Crippen molar-refractivity contribution in [1.82, 2.24) is 0 Å². The topological polar surface area (TPSA) is 15.4 Å². The molecule has 2 unspecified atom stereocenters. The van der Waals surface area contributed by atoms with Crippen molar-refractivity contribution in [2.24, 2.45) is 0 Å². The number of para-hydroxylation sites is 4. The van der Waals surface area contributed by atoms with E-state index in [9.17, 15) is 0 Å². The van der Waals surface area contributed by atoms with Crippen molar-refractivity contribution < 1.29 is 43.8 Å². The molecule has 0 bridgehead atoms. The maximum absolute atomic E-state index is 2.36. The zero-order chi connectivity index (χ0) is 14.4. The second-order valence-electron chi connectivity index (χ2n) is 6.13. The van der Waals surface area contributed by atoms with E-state index >= 15 is 0 Å². The van der Waals surface area contributed by atoms with E-state index in [0.717, 1.165) is 20.0 Å². The molecule has 0 amide bonds. The van der Waals surface area contributed by atoms with E-state index in [-0.39, 0.29) is 34.0 Å². The van der Waals surface area contributed by atoms with E-state index in [1.807, 2.05) is 0 Å². The van der Waals surface area contributed by atoms with Crippen molar-refractivity contribution >= 4 is 22.7 Å². The molecule has 2 atom stereocenters. The van der Waals surface area contributed by atoms with Crippen LogP contribution in [0.5, 0.6) is 0 Å². The van der Waals surface area contributed by atoms with Gasteiger partial charge in [-0.15, -0.1) is 0 Å². The molecule has 23 heavy (non-hydrogen) atoms. The molecule has 2 aliphatic heterocycles. The Kier molecular flexibility index (Phi) is 5.73. The summed E-state index contributed by atoms with van der Waals surface area (Å²) >= 11 is 0. The average Bonchev–Trinajstić information content (AvgIpc) is 3.00.